The van der Waals surface area contributed by atoms with Crippen LogP contribution in [0.4, 0.5) is 5.69 Å². The summed E-state index contributed by atoms with van der Waals surface area (Å²) in [4.78, 5) is 9.86. The molecule has 0 N–H and O–H groups in total. The molecule has 0 unspecified atom stereocenters. The van der Waals surface area contributed by atoms with Crippen molar-refractivity contribution in [1.29, 1.82) is 0 Å². The van der Waals surface area contributed by atoms with Gasteiger partial charge in [-0.25, -0.2) is 8.42 Å². The quantitative estimate of drug-likeness (QED) is 0.451. The highest BCUT2D eigenvalue weighted by molar-refractivity contribution is 9.11. The van der Waals surface area contributed by atoms with Gasteiger partial charge in [0.15, 0.2) is 5.75 Å². The first kappa shape index (κ1) is 15.9. The Kier molecular flexibility index (Phi) is 4.94. The molecule has 0 saturated heterocycles. The van der Waals surface area contributed by atoms with E-state index in [4.69, 9.17) is 15.4 Å². The van der Waals surface area contributed by atoms with E-state index in [2.05, 4.69) is 22.5 Å². The first-order valence-electron chi connectivity index (χ1n) is 4.82. The molecular weight excluding hydrogens is 362 g/mol. The van der Waals surface area contributed by atoms with Gasteiger partial charge in [0.2, 0.25) is 0 Å². The molecule has 1 aromatic rings. The minimum atomic E-state index is -4.05. The molecule has 9 heteroatoms. The van der Waals surface area contributed by atoms with Crippen LogP contribution in [-0.4, -0.2) is 19.9 Å². The fraction of sp³-hybridized carbons (Fsp3) is 0.200. The van der Waals surface area contributed by atoms with Crippen LogP contribution in [0.25, 0.3) is 0 Å². The first-order valence-corrected chi connectivity index (χ1v) is 7.93. The van der Waals surface area contributed by atoms with E-state index in [9.17, 15) is 18.5 Å². The molecule has 1 aromatic carbocycles. The van der Waals surface area contributed by atoms with Crippen molar-refractivity contribution < 1.29 is 18.1 Å². The van der Waals surface area contributed by atoms with Gasteiger partial charge < -0.3 is 4.74 Å². The van der Waals surface area contributed by atoms with Crippen LogP contribution in [0.5, 0.6) is 5.75 Å². The molecule has 0 aliphatic rings. The maximum absolute atomic E-state index is 11.3. The first-order chi connectivity index (χ1) is 8.62. The normalized spacial score (nSPS) is 11.1. The smallest absolute Gasteiger partial charge is 0.312 e. The zero-order valence-corrected chi connectivity index (χ0v) is 12.9. The molecule has 19 heavy (non-hydrogen) atoms. The van der Waals surface area contributed by atoms with Crippen molar-refractivity contribution in [2.75, 3.05) is 6.61 Å². The molecule has 0 bridgehead atoms. The molecule has 0 amide bonds. The Morgan fingerprint density at radius 1 is 1.58 bits per heavy atom. The molecule has 0 fully saturated rings. The molecule has 0 aliphatic heterocycles. The lowest BCUT2D eigenvalue weighted by Crippen LogP contribution is -2.03. The van der Waals surface area contributed by atoms with E-state index in [0.29, 0.717) is 4.48 Å². The number of nitro benzene ring substituents is 1. The Balaban J connectivity index is 3.38. The molecule has 0 atom stereocenters. The van der Waals surface area contributed by atoms with Crippen molar-refractivity contribution in [3.63, 3.8) is 0 Å². The van der Waals surface area contributed by atoms with Gasteiger partial charge in [0.1, 0.15) is 6.61 Å². The summed E-state index contributed by atoms with van der Waals surface area (Å²) in [5.74, 6) is -0.0489. The second-order valence-electron chi connectivity index (χ2n) is 3.59. The number of aryl methyl sites for hydroxylation is 1. The lowest BCUT2D eigenvalue weighted by molar-refractivity contribution is -0.386. The zero-order chi connectivity index (χ0) is 14.8. The largest absolute Gasteiger partial charge is 0.481 e. The number of benzene rings is 1. The Labute approximate surface area is 122 Å². The SMILES string of the molecule is C=C(Br)COc1cc(C)c(S(=O)(=O)Cl)cc1[N+](=O)[O-]. The van der Waals surface area contributed by atoms with Crippen LogP contribution in [0.1, 0.15) is 5.56 Å². The van der Waals surface area contributed by atoms with Gasteiger partial charge in [-0.05, 0) is 18.6 Å². The van der Waals surface area contributed by atoms with Crippen LogP contribution in [0.2, 0.25) is 0 Å². The monoisotopic (exact) mass is 369 g/mol. The number of nitrogens with zero attached hydrogens (tertiary/aromatic N) is 1. The van der Waals surface area contributed by atoms with Crippen molar-refractivity contribution in [1.82, 2.24) is 0 Å². The Morgan fingerprint density at radius 3 is 2.58 bits per heavy atom. The van der Waals surface area contributed by atoms with Crippen LogP contribution in [0.15, 0.2) is 28.1 Å². The Hall–Kier alpha value is -1.12. The van der Waals surface area contributed by atoms with E-state index in [1.54, 1.807) is 0 Å². The summed E-state index contributed by atoms with van der Waals surface area (Å²) < 4.78 is 28.2. The van der Waals surface area contributed by atoms with Crippen molar-refractivity contribution >= 4 is 41.4 Å². The summed E-state index contributed by atoms with van der Waals surface area (Å²) in [6, 6.07) is 2.13. The Bertz CT molecular complexity index is 644. The van der Waals surface area contributed by atoms with E-state index in [-0.39, 0.29) is 22.8 Å². The molecule has 1 rings (SSSR count). The summed E-state index contributed by atoms with van der Waals surface area (Å²) in [6.07, 6.45) is 0. The van der Waals surface area contributed by atoms with Crippen molar-refractivity contribution in [2.45, 2.75) is 11.8 Å². The maximum Gasteiger partial charge on any atom is 0.312 e. The Morgan fingerprint density at radius 2 is 2.16 bits per heavy atom. The number of ether oxygens (including phenoxy) is 1. The van der Waals surface area contributed by atoms with Crippen LogP contribution in [-0.2, 0) is 9.05 Å². The summed E-state index contributed by atoms with van der Waals surface area (Å²) in [5, 5.41) is 10.9. The van der Waals surface area contributed by atoms with Crippen molar-refractivity contribution in [2.24, 2.45) is 0 Å². The van der Waals surface area contributed by atoms with Crippen LogP contribution >= 0.6 is 26.6 Å². The van der Waals surface area contributed by atoms with Gasteiger partial charge in [0.05, 0.1) is 9.82 Å². The number of nitro groups is 1. The molecular formula is C10H9BrClNO5S. The maximum atomic E-state index is 11.3. The highest BCUT2D eigenvalue weighted by Gasteiger charge is 2.23. The lowest BCUT2D eigenvalue weighted by atomic mass is 10.2. The van der Waals surface area contributed by atoms with Crippen molar-refractivity contribution in [3.8, 4) is 5.75 Å². The zero-order valence-electron chi connectivity index (χ0n) is 9.72. The number of hydrogen-bond donors (Lipinski definition) is 0. The number of hydrogen-bond acceptors (Lipinski definition) is 5. The predicted octanol–water partition coefficient (Wildman–Crippen LogP) is 3.12. The molecule has 0 aromatic heterocycles. The van der Waals surface area contributed by atoms with Gasteiger partial charge in [0, 0.05) is 21.2 Å². The lowest BCUT2D eigenvalue weighted by Gasteiger charge is -2.09. The van der Waals surface area contributed by atoms with Crippen LogP contribution in [0, 0.1) is 17.0 Å². The van der Waals surface area contributed by atoms with Gasteiger partial charge in [-0.2, -0.15) is 0 Å². The third-order valence-corrected chi connectivity index (χ3v) is 3.79. The number of halogens is 2. The van der Waals surface area contributed by atoms with E-state index in [1.165, 1.54) is 13.0 Å². The fourth-order valence-corrected chi connectivity index (χ4v) is 2.64. The molecule has 0 spiro atoms. The fourth-order valence-electron chi connectivity index (χ4n) is 1.33. The van der Waals surface area contributed by atoms with Crippen LogP contribution in [0.3, 0.4) is 0 Å². The van der Waals surface area contributed by atoms with Gasteiger partial charge in [-0.3, -0.25) is 10.1 Å². The summed E-state index contributed by atoms with van der Waals surface area (Å²) >= 11 is 3.05. The van der Waals surface area contributed by atoms with E-state index >= 15 is 0 Å². The second kappa shape index (κ2) is 5.89. The van der Waals surface area contributed by atoms with Gasteiger partial charge in [-0.15, -0.1) is 0 Å². The topological polar surface area (TPSA) is 86.5 Å². The average molecular weight is 371 g/mol. The average Bonchev–Trinajstić information content (AvgIpc) is 2.23. The van der Waals surface area contributed by atoms with Gasteiger partial charge in [0.25, 0.3) is 9.05 Å². The molecule has 0 saturated carbocycles. The minimum Gasteiger partial charge on any atom is -0.481 e. The second-order valence-corrected chi connectivity index (χ2v) is 7.24. The minimum absolute atomic E-state index is 0.0211. The summed E-state index contributed by atoms with van der Waals surface area (Å²) in [7, 11) is 1.16. The van der Waals surface area contributed by atoms with Gasteiger partial charge >= 0.3 is 5.69 Å². The third-order valence-electron chi connectivity index (χ3n) is 2.10. The molecule has 0 aliphatic carbocycles. The summed E-state index contributed by atoms with van der Waals surface area (Å²) in [5.41, 5.74) is -0.214. The van der Waals surface area contributed by atoms with E-state index < -0.39 is 19.7 Å². The van der Waals surface area contributed by atoms with Crippen LogP contribution < -0.4 is 4.74 Å². The van der Waals surface area contributed by atoms with E-state index in [0.717, 1.165) is 6.07 Å². The molecule has 0 radical (unpaired) electrons. The predicted molar refractivity (Wildman–Crippen MR) is 74.4 cm³/mol. The highest BCUT2D eigenvalue weighted by atomic mass is 79.9. The standard InChI is InChI=1S/C10H9BrClNO5S/c1-6-3-9(18-5-7(2)11)8(13(14)15)4-10(6)19(12,16)17/h3-4H,2,5H2,1H3. The van der Waals surface area contributed by atoms with Crippen molar-refractivity contribution in [3.05, 3.63) is 38.9 Å². The number of rotatable bonds is 5. The highest BCUT2D eigenvalue weighted by Crippen LogP contribution is 2.34. The van der Waals surface area contributed by atoms with Gasteiger partial charge in [-0.1, -0.05) is 22.5 Å². The third kappa shape index (κ3) is 4.19. The van der Waals surface area contributed by atoms with E-state index in [1.807, 2.05) is 0 Å². The summed E-state index contributed by atoms with van der Waals surface area (Å²) in [6.45, 7) is 5.02. The molecule has 6 nitrogen and oxygen atoms in total. The molecule has 104 valence electrons. The molecule has 0 heterocycles.